The zero-order valence-corrected chi connectivity index (χ0v) is 18.7. The van der Waals surface area contributed by atoms with Crippen molar-refractivity contribution in [2.45, 2.75) is 43.8 Å². The topological polar surface area (TPSA) is 63.3 Å². The van der Waals surface area contributed by atoms with Gasteiger partial charge in [0.25, 0.3) is 0 Å². The zero-order valence-electron chi connectivity index (χ0n) is 17.9. The highest BCUT2D eigenvalue weighted by Crippen LogP contribution is 2.40. The quantitative estimate of drug-likeness (QED) is 0.639. The summed E-state index contributed by atoms with van der Waals surface area (Å²) >= 11 is 1.80. The third-order valence-electron chi connectivity index (χ3n) is 7.02. The fraction of sp³-hybridized carbons (Fsp3) is 0.500. The average Bonchev–Trinajstić information content (AvgIpc) is 3.54. The normalized spacial score (nSPS) is 22.4. The summed E-state index contributed by atoms with van der Waals surface area (Å²) < 4.78 is 11.7. The molecule has 31 heavy (non-hydrogen) atoms. The summed E-state index contributed by atoms with van der Waals surface area (Å²) in [7, 11) is 2.20. The van der Waals surface area contributed by atoms with Crippen molar-refractivity contribution in [2.24, 2.45) is 0 Å². The average molecular weight is 437 g/mol. The molecule has 3 aliphatic rings. The van der Waals surface area contributed by atoms with E-state index in [4.69, 9.17) is 19.4 Å². The second-order valence-electron chi connectivity index (χ2n) is 9.01. The molecule has 3 aromatic heterocycles. The maximum Gasteiger partial charge on any atom is 0.172 e. The lowest BCUT2D eigenvalue weighted by molar-refractivity contribution is -0.159. The van der Waals surface area contributed by atoms with Crippen LogP contribution in [0.3, 0.4) is 0 Å². The third kappa shape index (κ3) is 3.63. The van der Waals surface area contributed by atoms with Gasteiger partial charge in [0.05, 0.1) is 23.9 Å². The lowest BCUT2D eigenvalue weighted by Crippen LogP contribution is -2.31. The molecule has 2 aliphatic heterocycles. The molecular formula is C24H28N4O2S. The van der Waals surface area contributed by atoms with Gasteiger partial charge in [-0.3, -0.25) is 0 Å². The number of allylic oxidation sites excluding steroid dienone is 1. The van der Waals surface area contributed by atoms with Crippen LogP contribution in [0.2, 0.25) is 0 Å². The van der Waals surface area contributed by atoms with Gasteiger partial charge in [-0.1, -0.05) is 6.08 Å². The van der Waals surface area contributed by atoms with Gasteiger partial charge in [-0.15, -0.1) is 11.3 Å². The van der Waals surface area contributed by atoms with Crippen molar-refractivity contribution in [1.82, 2.24) is 19.9 Å². The van der Waals surface area contributed by atoms with Crippen LogP contribution in [0.15, 0.2) is 29.9 Å². The number of thiazole rings is 1. The monoisotopic (exact) mass is 436 g/mol. The van der Waals surface area contributed by atoms with Crippen molar-refractivity contribution < 1.29 is 9.47 Å². The number of nitrogens with zero attached hydrogens (tertiary/aromatic N) is 3. The summed E-state index contributed by atoms with van der Waals surface area (Å²) in [5.74, 6) is 0.208. The van der Waals surface area contributed by atoms with Crippen molar-refractivity contribution in [1.29, 1.82) is 0 Å². The number of ether oxygens (including phenoxy) is 2. The minimum absolute atomic E-state index is 0.384. The molecule has 1 aliphatic carbocycles. The summed E-state index contributed by atoms with van der Waals surface area (Å²) in [5, 5.41) is 4.63. The predicted molar refractivity (Wildman–Crippen MR) is 123 cm³/mol. The van der Waals surface area contributed by atoms with E-state index < -0.39 is 0 Å². The van der Waals surface area contributed by atoms with Gasteiger partial charge in [-0.2, -0.15) is 0 Å². The Morgan fingerprint density at radius 3 is 2.84 bits per heavy atom. The van der Waals surface area contributed by atoms with Crippen LogP contribution < -0.4 is 0 Å². The van der Waals surface area contributed by atoms with Crippen molar-refractivity contribution in [3.05, 3.63) is 40.5 Å². The number of rotatable bonds is 3. The van der Waals surface area contributed by atoms with Crippen LogP contribution in [-0.4, -0.2) is 59.0 Å². The Kier molecular flexibility index (Phi) is 4.94. The highest BCUT2D eigenvalue weighted by molar-refractivity contribution is 7.10. The third-order valence-corrected chi connectivity index (χ3v) is 8.02. The van der Waals surface area contributed by atoms with Gasteiger partial charge >= 0.3 is 0 Å². The number of likely N-dealkylation sites (tertiary alicyclic amines) is 1. The number of aromatic nitrogens is 3. The fourth-order valence-electron chi connectivity index (χ4n) is 5.07. The second kappa shape index (κ2) is 7.81. The summed E-state index contributed by atoms with van der Waals surface area (Å²) in [6.07, 6.45) is 11.4. The maximum absolute atomic E-state index is 5.86. The molecular weight excluding hydrogens is 408 g/mol. The molecule has 0 atom stereocenters. The van der Waals surface area contributed by atoms with Crippen molar-refractivity contribution in [3.63, 3.8) is 0 Å². The molecule has 2 saturated heterocycles. The van der Waals surface area contributed by atoms with Crippen LogP contribution >= 0.6 is 11.3 Å². The van der Waals surface area contributed by atoms with E-state index in [1.165, 1.54) is 29.0 Å². The highest BCUT2D eigenvalue weighted by atomic mass is 32.1. The van der Waals surface area contributed by atoms with Gasteiger partial charge in [0.15, 0.2) is 5.79 Å². The molecule has 2 fully saturated rings. The standard InChI is InChI=1S/C24H28N4O2S/c1-28-8-4-17(5-9-28)23-27-21(15-31-23)20-14-26-22-19(20)12-18(13-25-22)16-2-6-24(7-3-16)29-10-11-30-24/h2,12-15,17H,3-11H2,1H3,(H,25,26). The molecule has 0 amide bonds. The lowest BCUT2D eigenvalue weighted by Gasteiger charge is -2.30. The van der Waals surface area contributed by atoms with Crippen LogP contribution in [0.4, 0.5) is 0 Å². The molecule has 0 bridgehead atoms. The highest BCUT2D eigenvalue weighted by Gasteiger charge is 2.37. The van der Waals surface area contributed by atoms with Gasteiger partial charge in [0, 0.05) is 47.5 Å². The summed E-state index contributed by atoms with van der Waals surface area (Å²) in [5.41, 5.74) is 5.65. The Hall–Kier alpha value is -2.06. The molecule has 162 valence electrons. The van der Waals surface area contributed by atoms with E-state index >= 15 is 0 Å². The molecule has 3 aromatic rings. The van der Waals surface area contributed by atoms with E-state index in [2.05, 4.69) is 40.7 Å². The number of nitrogens with one attached hydrogen (secondary N) is 1. The molecule has 0 saturated carbocycles. The van der Waals surface area contributed by atoms with E-state index in [0.717, 1.165) is 54.6 Å². The van der Waals surface area contributed by atoms with Crippen LogP contribution in [0.5, 0.6) is 0 Å². The summed E-state index contributed by atoms with van der Waals surface area (Å²) in [6.45, 7) is 3.73. The molecule has 6 nitrogen and oxygen atoms in total. The van der Waals surface area contributed by atoms with Crippen LogP contribution in [0.1, 0.15) is 48.6 Å². The minimum Gasteiger partial charge on any atom is -0.347 e. The first-order chi connectivity index (χ1) is 15.2. The molecule has 1 N–H and O–H groups in total. The number of hydrogen-bond acceptors (Lipinski definition) is 6. The van der Waals surface area contributed by atoms with Crippen molar-refractivity contribution >= 4 is 27.9 Å². The van der Waals surface area contributed by atoms with Crippen LogP contribution in [0, 0.1) is 0 Å². The van der Waals surface area contributed by atoms with E-state index in [1.54, 1.807) is 11.3 Å². The number of pyridine rings is 1. The van der Waals surface area contributed by atoms with Crippen LogP contribution in [-0.2, 0) is 9.47 Å². The molecule has 7 heteroatoms. The van der Waals surface area contributed by atoms with Gasteiger partial charge in [0.2, 0.25) is 0 Å². The first-order valence-corrected chi connectivity index (χ1v) is 12.2. The van der Waals surface area contributed by atoms with E-state index in [-0.39, 0.29) is 5.79 Å². The summed E-state index contributed by atoms with van der Waals surface area (Å²) in [4.78, 5) is 15.5. The number of fused-ring (bicyclic) bond motifs is 1. The lowest BCUT2D eigenvalue weighted by atomic mass is 9.90. The van der Waals surface area contributed by atoms with Gasteiger partial charge < -0.3 is 19.4 Å². The Labute approximate surface area is 186 Å². The molecule has 0 aromatic carbocycles. The van der Waals surface area contributed by atoms with Gasteiger partial charge in [-0.25, -0.2) is 9.97 Å². The van der Waals surface area contributed by atoms with E-state index in [0.29, 0.717) is 19.1 Å². The molecule has 0 unspecified atom stereocenters. The smallest absolute Gasteiger partial charge is 0.172 e. The molecule has 5 heterocycles. The first kappa shape index (κ1) is 19.6. The Bertz CT molecular complexity index is 1120. The Morgan fingerprint density at radius 1 is 1.23 bits per heavy atom. The number of aromatic amines is 1. The Balaban J connectivity index is 1.28. The molecule has 0 radical (unpaired) electrons. The number of hydrogen-bond donors (Lipinski definition) is 1. The van der Waals surface area contributed by atoms with Gasteiger partial charge in [0.1, 0.15) is 5.65 Å². The van der Waals surface area contributed by atoms with E-state index in [1.807, 2.05) is 6.20 Å². The second-order valence-corrected chi connectivity index (χ2v) is 9.90. The maximum atomic E-state index is 5.86. The van der Waals surface area contributed by atoms with E-state index in [9.17, 15) is 0 Å². The van der Waals surface area contributed by atoms with Crippen LogP contribution in [0.25, 0.3) is 27.9 Å². The SMILES string of the molecule is CN1CCC(c2nc(-c3c[nH]c4ncc(C5=CCC6(CC5)OCCO6)cc34)cs2)CC1. The first-order valence-electron chi connectivity index (χ1n) is 11.3. The number of piperidine rings is 1. The van der Waals surface area contributed by atoms with Crippen molar-refractivity contribution in [3.8, 4) is 11.3 Å². The minimum atomic E-state index is -0.384. The molecule has 1 spiro atoms. The zero-order chi connectivity index (χ0) is 20.8. The van der Waals surface area contributed by atoms with Gasteiger partial charge in [-0.05, 0) is 56.6 Å². The Morgan fingerprint density at radius 2 is 2.06 bits per heavy atom. The van der Waals surface area contributed by atoms with Crippen molar-refractivity contribution in [2.75, 3.05) is 33.4 Å². The number of H-pyrrole nitrogens is 1. The largest absolute Gasteiger partial charge is 0.347 e. The fourth-order valence-corrected chi connectivity index (χ4v) is 6.07. The molecule has 6 rings (SSSR count). The predicted octanol–water partition coefficient (Wildman–Crippen LogP) is 4.81. The summed E-state index contributed by atoms with van der Waals surface area (Å²) in [6, 6.07) is 2.27.